The Labute approximate surface area is 355 Å². The van der Waals surface area contributed by atoms with Gasteiger partial charge in [0.1, 0.15) is 29.2 Å². The number of imide groups is 1. The van der Waals surface area contributed by atoms with Crippen molar-refractivity contribution in [2.75, 3.05) is 82.9 Å². The quantitative estimate of drug-likeness (QED) is 0.209. The number of benzene rings is 2. The fraction of sp³-hybridized carbons (Fsp3) is 0.500. The molecule has 5 aliphatic heterocycles. The number of hydrogen-bond acceptors (Lipinski definition) is 11. The molecule has 322 valence electrons. The fourth-order valence-electron chi connectivity index (χ4n) is 9.93. The molecular formula is C46H55FN8O6. The summed E-state index contributed by atoms with van der Waals surface area (Å²) in [5, 5.41) is 6.23. The molecule has 3 amide bonds. The van der Waals surface area contributed by atoms with E-state index in [0.29, 0.717) is 11.3 Å². The lowest BCUT2D eigenvalue weighted by molar-refractivity contribution is -0.134. The molecule has 0 saturated carbocycles. The minimum atomic E-state index is -0.854. The van der Waals surface area contributed by atoms with Gasteiger partial charge in [0, 0.05) is 87.2 Å². The Morgan fingerprint density at radius 2 is 1.62 bits per heavy atom. The van der Waals surface area contributed by atoms with Gasteiger partial charge in [-0.2, -0.15) is 0 Å². The minimum Gasteiger partial charge on any atom is -0.496 e. The van der Waals surface area contributed by atoms with E-state index < -0.39 is 23.7 Å². The predicted molar refractivity (Wildman–Crippen MR) is 231 cm³/mol. The molecule has 1 unspecified atom stereocenters. The first kappa shape index (κ1) is 40.8. The number of nitrogens with zero attached hydrogens (tertiary/aromatic N) is 6. The molecular weight excluding hydrogens is 780 g/mol. The lowest BCUT2D eigenvalue weighted by atomic mass is 9.71. The molecule has 0 radical (unpaired) electrons. The van der Waals surface area contributed by atoms with Gasteiger partial charge in [0.25, 0.3) is 11.5 Å². The molecule has 5 fully saturated rings. The number of halogens is 1. The molecule has 0 bridgehead atoms. The number of aryl methyl sites for hydroxylation is 1. The zero-order valence-corrected chi connectivity index (χ0v) is 35.3. The van der Waals surface area contributed by atoms with Crippen LogP contribution in [0.2, 0.25) is 0 Å². The average Bonchev–Trinajstić information content (AvgIpc) is 3.22. The molecule has 4 aromatic rings. The summed E-state index contributed by atoms with van der Waals surface area (Å²) in [5.74, 6) is 0.840. The first-order chi connectivity index (χ1) is 29.5. The van der Waals surface area contributed by atoms with E-state index >= 15 is 4.39 Å². The summed E-state index contributed by atoms with van der Waals surface area (Å²) in [6.45, 7) is 9.62. The topological polar surface area (TPSA) is 142 Å². The maximum Gasteiger partial charge on any atom is 0.259 e. The summed E-state index contributed by atoms with van der Waals surface area (Å²) in [6.07, 6.45) is 9.56. The number of piperidine rings is 3. The molecule has 2 aromatic heterocycles. The van der Waals surface area contributed by atoms with Crippen LogP contribution in [-0.4, -0.2) is 116 Å². The summed E-state index contributed by atoms with van der Waals surface area (Å²) in [4.78, 5) is 63.5. The largest absolute Gasteiger partial charge is 0.496 e. The van der Waals surface area contributed by atoms with Gasteiger partial charge in [-0.25, -0.2) is 9.37 Å². The lowest BCUT2D eigenvalue weighted by Gasteiger charge is -2.55. The monoisotopic (exact) mass is 834 g/mol. The number of anilines is 2. The van der Waals surface area contributed by atoms with Gasteiger partial charge in [-0.1, -0.05) is 0 Å². The van der Waals surface area contributed by atoms with E-state index in [1.54, 1.807) is 38.1 Å². The predicted octanol–water partition coefficient (Wildman–Crippen LogP) is 4.32. The molecule has 2 aromatic carbocycles. The number of aromatic nitrogens is 2. The second kappa shape index (κ2) is 16.7. The number of hydrogen-bond donors (Lipinski definition) is 2. The minimum absolute atomic E-state index is 0.0743. The van der Waals surface area contributed by atoms with Crippen LogP contribution in [0.3, 0.4) is 0 Å². The van der Waals surface area contributed by atoms with Crippen molar-refractivity contribution in [3.63, 3.8) is 0 Å². The van der Waals surface area contributed by atoms with Crippen molar-refractivity contribution in [3.8, 4) is 22.6 Å². The first-order valence-corrected chi connectivity index (χ1v) is 21.6. The van der Waals surface area contributed by atoms with E-state index in [1.165, 1.54) is 12.1 Å². The molecule has 61 heavy (non-hydrogen) atoms. The normalized spacial score (nSPS) is 21.0. The van der Waals surface area contributed by atoms with Crippen molar-refractivity contribution < 1.29 is 28.2 Å². The molecule has 14 nitrogen and oxygen atoms in total. The number of nitrogens with one attached hydrogen (secondary N) is 2. The van der Waals surface area contributed by atoms with E-state index in [-0.39, 0.29) is 35.3 Å². The van der Waals surface area contributed by atoms with E-state index in [2.05, 4.69) is 47.3 Å². The lowest BCUT2D eigenvalue weighted by Crippen LogP contribution is -2.60. The van der Waals surface area contributed by atoms with Gasteiger partial charge in [-0.15, -0.1) is 0 Å². The van der Waals surface area contributed by atoms with Crippen molar-refractivity contribution in [1.82, 2.24) is 30.0 Å². The van der Waals surface area contributed by atoms with Gasteiger partial charge in [0.2, 0.25) is 11.8 Å². The molecule has 7 heterocycles. The van der Waals surface area contributed by atoms with Gasteiger partial charge < -0.3 is 34.1 Å². The van der Waals surface area contributed by atoms with Gasteiger partial charge in [0.15, 0.2) is 0 Å². The van der Waals surface area contributed by atoms with Crippen LogP contribution in [0.15, 0.2) is 53.6 Å². The third kappa shape index (κ3) is 8.17. The van der Waals surface area contributed by atoms with Crippen LogP contribution >= 0.6 is 0 Å². The Morgan fingerprint density at radius 3 is 2.26 bits per heavy atom. The van der Waals surface area contributed by atoms with Gasteiger partial charge >= 0.3 is 0 Å². The highest BCUT2D eigenvalue weighted by Crippen LogP contribution is 2.44. The van der Waals surface area contributed by atoms with Crippen molar-refractivity contribution in [1.29, 1.82) is 0 Å². The molecule has 2 N–H and O–H groups in total. The number of carbonyl (C=O) groups is 3. The van der Waals surface area contributed by atoms with Crippen LogP contribution < -0.4 is 35.5 Å². The molecule has 0 aliphatic carbocycles. The third-order valence-electron chi connectivity index (χ3n) is 13.8. The molecule has 9 rings (SSSR count). The van der Waals surface area contributed by atoms with Crippen LogP contribution in [0.4, 0.5) is 15.9 Å². The number of fused-ring (bicyclic) bond motifs is 1. The Balaban J connectivity index is 0.768. The first-order valence-electron chi connectivity index (χ1n) is 21.6. The van der Waals surface area contributed by atoms with Crippen LogP contribution in [0.1, 0.15) is 60.9 Å². The smallest absolute Gasteiger partial charge is 0.259 e. The van der Waals surface area contributed by atoms with Crippen molar-refractivity contribution in [3.05, 3.63) is 76.1 Å². The average molecular weight is 835 g/mol. The van der Waals surface area contributed by atoms with Crippen LogP contribution in [0.5, 0.6) is 11.5 Å². The SMILES string of the molecule is COc1cc(-c2cn(C)c(=O)c3cnc(N4CCC4)cc23)cc(OC)c1CN1CCC(CN2CCC3(CC2)CN(c2ccc(C(=O)NC4CCC(=O)NC4=O)c(F)c2)C3)CC1. The number of pyridine rings is 2. The zero-order chi connectivity index (χ0) is 42.4. The van der Waals surface area contributed by atoms with Crippen LogP contribution in [0.25, 0.3) is 21.9 Å². The van der Waals surface area contributed by atoms with E-state index in [9.17, 15) is 19.2 Å². The second-order valence-corrected chi connectivity index (χ2v) is 17.8. The Morgan fingerprint density at radius 1 is 0.902 bits per heavy atom. The third-order valence-corrected chi connectivity index (χ3v) is 13.8. The summed E-state index contributed by atoms with van der Waals surface area (Å²) in [5.41, 5.74) is 3.68. The number of ether oxygens (including phenoxy) is 2. The summed E-state index contributed by atoms with van der Waals surface area (Å²) in [6, 6.07) is 9.99. The number of methoxy groups -OCH3 is 2. The highest BCUT2D eigenvalue weighted by molar-refractivity contribution is 6.04. The molecule has 15 heteroatoms. The van der Waals surface area contributed by atoms with Crippen molar-refractivity contribution in [2.24, 2.45) is 18.4 Å². The maximum absolute atomic E-state index is 15.1. The molecule has 1 spiro atoms. The van der Waals surface area contributed by atoms with E-state index in [0.717, 1.165) is 143 Å². The van der Waals surface area contributed by atoms with Gasteiger partial charge in [0.05, 0.1) is 30.7 Å². The number of rotatable bonds is 11. The van der Waals surface area contributed by atoms with Crippen molar-refractivity contribution in [2.45, 2.75) is 57.5 Å². The standard InChI is InChI=1S/C46H55FN8O6/c1-51-25-35(33-22-41(54-13-4-14-54)48-23-34(33)45(51)59)30-19-39(60-2)36(40(20-30)61-3)26-52-15-9-29(10-16-52)24-53-17-11-46(12-18-53)27-55(28-46)31-5-6-32(37(47)21-31)43(57)49-38-7-8-42(56)50-44(38)58/h5-6,19-23,25,29,38H,4,7-18,24,26-28H2,1-3H3,(H,49,57)(H,50,56,58). The van der Waals surface area contributed by atoms with Crippen molar-refractivity contribution >= 4 is 40.0 Å². The van der Waals surface area contributed by atoms with E-state index in [4.69, 9.17) is 9.47 Å². The summed E-state index contributed by atoms with van der Waals surface area (Å²) in [7, 11) is 5.19. The summed E-state index contributed by atoms with van der Waals surface area (Å²) >= 11 is 0. The molecule has 5 aliphatic rings. The van der Waals surface area contributed by atoms with Crippen LogP contribution in [-0.2, 0) is 23.2 Å². The molecule has 1 atom stereocenters. The van der Waals surface area contributed by atoms with Gasteiger partial charge in [-0.3, -0.25) is 29.4 Å². The Hall–Kier alpha value is -5.54. The highest BCUT2D eigenvalue weighted by atomic mass is 19.1. The Bertz CT molecular complexity index is 2390. The number of likely N-dealkylation sites (tertiary alicyclic amines) is 2. The van der Waals surface area contributed by atoms with Gasteiger partial charge in [-0.05, 0) is 113 Å². The highest BCUT2D eigenvalue weighted by Gasteiger charge is 2.45. The molecule has 5 saturated heterocycles. The van der Waals surface area contributed by atoms with Crippen LogP contribution in [0, 0.1) is 17.2 Å². The fourth-order valence-corrected chi connectivity index (χ4v) is 9.93. The maximum atomic E-state index is 15.1. The Kier molecular flexibility index (Phi) is 11.2. The second-order valence-electron chi connectivity index (χ2n) is 17.8. The number of amides is 3. The number of carbonyl (C=O) groups excluding carboxylic acids is 3. The summed E-state index contributed by atoms with van der Waals surface area (Å²) < 4.78 is 28.8. The van der Waals surface area contributed by atoms with E-state index in [1.807, 2.05) is 12.3 Å². The zero-order valence-electron chi connectivity index (χ0n) is 35.3.